The molecule has 0 bridgehead atoms. The monoisotopic (exact) mass is 273 g/mol. The second-order valence-electron chi connectivity index (χ2n) is 4.41. The Morgan fingerprint density at radius 1 is 1.35 bits per heavy atom. The van der Waals surface area contributed by atoms with Gasteiger partial charge in [0, 0.05) is 6.54 Å². The van der Waals surface area contributed by atoms with E-state index in [2.05, 4.69) is 15.4 Å². The van der Waals surface area contributed by atoms with Crippen LogP contribution in [-0.4, -0.2) is 22.4 Å². The number of carbonyl (C=O) groups is 1. The molecule has 1 amide bonds. The lowest BCUT2D eigenvalue weighted by Crippen LogP contribution is -2.30. The predicted molar refractivity (Wildman–Crippen MR) is 71.6 cm³/mol. The zero-order chi connectivity index (χ0) is 14.1. The maximum absolute atomic E-state index is 13.3. The molecule has 2 aromatic rings. The summed E-state index contributed by atoms with van der Waals surface area (Å²) in [7, 11) is 0. The number of aromatic nitrogens is 2. The minimum atomic E-state index is -0.364. The van der Waals surface area contributed by atoms with Crippen LogP contribution in [0.1, 0.15) is 16.1 Å². The van der Waals surface area contributed by atoms with Gasteiger partial charge in [0.05, 0.1) is 18.1 Å². The normalized spacial score (nSPS) is 13.2. The number of hydrogen-bond donors (Lipinski definition) is 2. The fourth-order valence-electron chi connectivity index (χ4n) is 2.21. The number of nitrogen functional groups attached to an aromatic ring is 1. The molecule has 6 nitrogen and oxygen atoms in total. The van der Waals surface area contributed by atoms with Gasteiger partial charge in [-0.2, -0.15) is 0 Å². The van der Waals surface area contributed by atoms with Crippen molar-refractivity contribution in [1.82, 2.24) is 9.97 Å². The van der Waals surface area contributed by atoms with Crippen LogP contribution in [0.25, 0.3) is 0 Å². The highest BCUT2D eigenvalue weighted by Gasteiger charge is 2.26. The lowest BCUT2D eigenvalue weighted by Gasteiger charge is -2.16. The Bertz CT molecular complexity index is 658. The Hall–Kier alpha value is -2.54. The van der Waals surface area contributed by atoms with Crippen LogP contribution in [0, 0.1) is 5.82 Å². The smallest absolute Gasteiger partial charge is 0.278 e. The minimum Gasteiger partial charge on any atom is -0.307 e. The molecule has 0 spiro atoms. The first-order valence-corrected chi connectivity index (χ1v) is 6.08. The first kappa shape index (κ1) is 12.5. The average Bonchev–Trinajstić information content (AvgIpc) is 2.89. The number of hydrogen-bond acceptors (Lipinski definition) is 5. The van der Waals surface area contributed by atoms with E-state index in [0.29, 0.717) is 24.5 Å². The van der Waals surface area contributed by atoms with Crippen molar-refractivity contribution in [3.05, 3.63) is 47.7 Å². The third-order valence-corrected chi connectivity index (χ3v) is 3.21. The summed E-state index contributed by atoms with van der Waals surface area (Å²) >= 11 is 0. The molecule has 0 fully saturated rings. The lowest BCUT2D eigenvalue weighted by molar-refractivity contribution is 0.0984. The number of hydrazine groups is 1. The Morgan fingerprint density at radius 2 is 2.20 bits per heavy atom. The molecule has 0 atom stereocenters. The van der Waals surface area contributed by atoms with Crippen molar-refractivity contribution in [3.63, 3.8) is 0 Å². The van der Waals surface area contributed by atoms with Gasteiger partial charge in [0.15, 0.2) is 5.82 Å². The van der Waals surface area contributed by atoms with Crippen molar-refractivity contribution >= 4 is 17.4 Å². The molecule has 1 aliphatic heterocycles. The highest BCUT2D eigenvalue weighted by molar-refractivity contribution is 6.05. The summed E-state index contributed by atoms with van der Waals surface area (Å²) in [4.78, 5) is 21.8. The third-order valence-electron chi connectivity index (χ3n) is 3.21. The summed E-state index contributed by atoms with van der Waals surface area (Å²) in [6, 6.07) is 4.46. The van der Waals surface area contributed by atoms with Crippen molar-refractivity contribution in [2.75, 3.05) is 16.9 Å². The lowest BCUT2D eigenvalue weighted by atomic mass is 10.2. The van der Waals surface area contributed by atoms with Crippen LogP contribution in [0.3, 0.4) is 0 Å². The highest BCUT2D eigenvalue weighted by atomic mass is 19.1. The molecule has 0 saturated heterocycles. The van der Waals surface area contributed by atoms with Crippen LogP contribution in [0.4, 0.5) is 15.9 Å². The van der Waals surface area contributed by atoms with Crippen molar-refractivity contribution in [3.8, 4) is 0 Å². The summed E-state index contributed by atoms with van der Waals surface area (Å²) in [5, 5.41) is 0. The van der Waals surface area contributed by atoms with Gasteiger partial charge in [0.2, 0.25) is 0 Å². The molecular weight excluding hydrogens is 261 g/mol. The highest BCUT2D eigenvalue weighted by Crippen LogP contribution is 2.29. The van der Waals surface area contributed by atoms with Crippen molar-refractivity contribution in [2.45, 2.75) is 6.42 Å². The first-order valence-electron chi connectivity index (χ1n) is 6.08. The zero-order valence-corrected chi connectivity index (χ0v) is 10.5. The van der Waals surface area contributed by atoms with Gasteiger partial charge >= 0.3 is 0 Å². The number of nitrogens with two attached hydrogens (primary N) is 1. The van der Waals surface area contributed by atoms with Crippen molar-refractivity contribution in [2.24, 2.45) is 5.84 Å². The van der Waals surface area contributed by atoms with Gasteiger partial charge in [0.1, 0.15) is 11.5 Å². The molecule has 3 rings (SSSR count). The number of nitrogens with zero attached hydrogens (tertiary/aromatic N) is 3. The summed E-state index contributed by atoms with van der Waals surface area (Å²) in [6.07, 6.45) is 3.42. The van der Waals surface area contributed by atoms with Crippen LogP contribution in [0.5, 0.6) is 0 Å². The zero-order valence-electron chi connectivity index (χ0n) is 10.5. The molecule has 20 heavy (non-hydrogen) atoms. The van der Waals surface area contributed by atoms with E-state index in [-0.39, 0.29) is 17.4 Å². The molecule has 1 aromatic heterocycles. The molecular formula is C13H12FN5O. The van der Waals surface area contributed by atoms with Crippen molar-refractivity contribution < 1.29 is 9.18 Å². The molecule has 0 unspecified atom stereocenters. The number of amides is 1. The summed E-state index contributed by atoms with van der Waals surface area (Å²) in [5.74, 6) is 4.89. The largest absolute Gasteiger partial charge is 0.307 e. The third kappa shape index (κ3) is 2.08. The second-order valence-corrected chi connectivity index (χ2v) is 4.41. The van der Waals surface area contributed by atoms with E-state index in [9.17, 15) is 9.18 Å². The molecule has 0 aliphatic carbocycles. The minimum absolute atomic E-state index is 0.195. The standard InChI is InChI=1S/C13H12FN5O/c14-9-2-1-8-3-4-19(11(8)5-9)13(20)10-6-17-12(18-15)7-16-10/h1-2,5-7H,3-4,15H2,(H,17,18). The molecule has 2 heterocycles. The van der Waals surface area contributed by atoms with Gasteiger partial charge in [-0.1, -0.05) is 6.07 Å². The molecule has 3 N–H and O–H groups in total. The van der Waals surface area contributed by atoms with Gasteiger partial charge in [-0.3, -0.25) is 4.79 Å². The molecule has 0 saturated carbocycles. The van der Waals surface area contributed by atoms with Crippen LogP contribution in [0.15, 0.2) is 30.6 Å². The van der Waals surface area contributed by atoms with Gasteiger partial charge in [-0.25, -0.2) is 20.2 Å². The van der Waals surface area contributed by atoms with Gasteiger partial charge < -0.3 is 10.3 Å². The Labute approximate surface area is 114 Å². The Balaban J connectivity index is 1.91. The molecule has 0 radical (unpaired) electrons. The SMILES string of the molecule is NNc1cnc(C(=O)N2CCc3ccc(F)cc32)cn1. The van der Waals surface area contributed by atoms with Gasteiger partial charge in [-0.05, 0) is 24.1 Å². The van der Waals surface area contributed by atoms with E-state index in [1.54, 1.807) is 6.07 Å². The number of halogens is 1. The number of benzene rings is 1. The number of fused-ring (bicyclic) bond motifs is 1. The summed E-state index contributed by atoms with van der Waals surface area (Å²) < 4.78 is 13.3. The van der Waals surface area contributed by atoms with Crippen LogP contribution >= 0.6 is 0 Å². The van der Waals surface area contributed by atoms with Gasteiger partial charge in [0.25, 0.3) is 5.91 Å². The Kier molecular flexibility index (Phi) is 3.03. The fourth-order valence-corrected chi connectivity index (χ4v) is 2.21. The molecule has 1 aliphatic rings. The second kappa shape index (κ2) is 4.86. The van der Waals surface area contributed by atoms with E-state index in [1.165, 1.54) is 29.4 Å². The van der Waals surface area contributed by atoms with E-state index in [4.69, 9.17) is 5.84 Å². The average molecular weight is 273 g/mol. The van der Waals surface area contributed by atoms with Gasteiger partial charge in [-0.15, -0.1) is 0 Å². The first-order chi connectivity index (χ1) is 9.69. The maximum Gasteiger partial charge on any atom is 0.278 e. The summed E-state index contributed by atoms with van der Waals surface area (Å²) in [6.45, 7) is 0.510. The van der Waals surface area contributed by atoms with Crippen LogP contribution in [-0.2, 0) is 6.42 Å². The number of anilines is 2. The Morgan fingerprint density at radius 3 is 2.90 bits per heavy atom. The molecule has 1 aromatic carbocycles. The molecule has 102 valence electrons. The fraction of sp³-hybridized carbons (Fsp3) is 0.154. The summed E-state index contributed by atoms with van der Waals surface area (Å²) in [5.41, 5.74) is 4.08. The van der Waals surface area contributed by atoms with E-state index < -0.39 is 0 Å². The van der Waals surface area contributed by atoms with Crippen molar-refractivity contribution in [1.29, 1.82) is 0 Å². The maximum atomic E-state index is 13.3. The number of rotatable bonds is 2. The quantitative estimate of drug-likeness (QED) is 0.632. The predicted octanol–water partition coefficient (Wildman–Crippen LogP) is 1.10. The number of nitrogens with one attached hydrogen (secondary N) is 1. The van der Waals surface area contributed by atoms with E-state index in [0.717, 1.165) is 5.56 Å². The van der Waals surface area contributed by atoms with Crippen LogP contribution < -0.4 is 16.2 Å². The topological polar surface area (TPSA) is 84.1 Å². The molecule has 7 heteroatoms. The van der Waals surface area contributed by atoms with E-state index >= 15 is 0 Å². The van der Waals surface area contributed by atoms with Crippen LogP contribution in [0.2, 0.25) is 0 Å². The van der Waals surface area contributed by atoms with E-state index in [1.807, 2.05) is 0 Å². The number of carbonyl (C=O) groups excluding carboxylic acids is 1.